The van der Waals surface area contributed by atoms with Gasteiger partial charge in [0.2, 0.25) is 0 Å². The zero-order chi connectivity index (χ0) is 14.3. The SMILES string of the molecule is CCNc1ccc(C(=O)N(C)CCOC(C)C)cn1. The Morgan fingerprint density at radius 3 is 2.74 bits per heavy atom. The Balaban J connectivity index is 2.51. The van der Waals surface area contributed by atoms with Gasteiger partial charge in [-0.1, -0.05) is 0 Å². The van der Waals surface area contributed by atoms with E-state index in [0.29, 0.717) is 18.7 Å². The second-order valence-electron chi connectivity index (χ2n) is 4.61. The molecule has 0 aliphatic rings. The van der Waals surface area contributed by atoms with Crippen molar-refractivity contribution in [2.75, 3.05) is 32.1 Å². The second kappa shape index (κ2) is 7.74. The Morgan fingerprint density at radius 1 is 1.47 bits per heavy atom. The average Bonchev–Trinajstić information content (AvgIpc) is 2.38. The van der Waals surface area contributed by atoms with E-state index in [2.05, 4.69) is 10.3 Å². The molecule has 0 fully saturated rings. The molecule has 5 nitrogen and oxygen atoms in total. The highest BCUT2D eigenvalue weighted by Gasteiger charge is 2.11. The van der Waals surface area contributed by atoms with Gasteiger partial charge in [-0.3, -0.25) is 4.79 Å². The molecule has 0 saturated carbocycles. The normalized spacial score (nSPS) is 10.6. The average molecular weight is 265 g/mol. The number of hydrogen-bond donors (Lipinski definition) is 1. The van der Waals surface area contributed by atoms with Crippen LogP contribution in [0.2, 0.25) is 0 Å². The zero-order valence-corrected chi connectivity index (χ0v) is 12.1. The van der Waals surface area contributed by atoms with Crippen LogP contribution < -0.4 is 5.32 Å². The number of amides is 1. The molecule has 0 atom stereocenters. The van der Waals surface area contributed by atoms with Gasteiger partial charge in [-0.25, -0.2) is 4.98 Å². The molecule has 1 amide bonds. The van der Waals surface area contributed by atoms with Gasteiger partial charge in [0.05, 0.1) is 18.3 Å². The number of carbonyl (C=O) groups is 1. The highest BCUT2D eigenvalue weighted by molar-refractivity contribution is 5.93. The van der Waals surface area contributed by atoms with Gasteiger partial charge in [-0.15, -0.1) is 0 Å². The number of likely N-dealkylation sites (N-methyl/N-ethyl adjacent to an activating group) is 1. The summed E-state index contributed by atoms with van der Waals surface area (Å²) in [4.78, 5) is 17.9. The first kappa shape index (κ1) is 15.4. The molecule has 5 heteroatoms. The smallest absolute Gasteiger partial charge is 0.255 e. The third kappa shape index (κ3) is 5.26. The number of carbonyl (C=O) groups excluding carboxylic acids is 1. The van der Waals surface area contributed by atoms with Gasteiger partial charge >= 0.3 is 0 Å². The van der Waals surface area contributed by atoms with Crippen molar-refractivity contribution in [3.8, 4) is 0 Å². The second-order valence-corrected chi connectivity index (χ2v) is 4.61. The lowest BCUT2D eigenvalue weighted by atomic mass is 10.2. The number of ether oxygens (including phenoxy) is 1. The molecule has 0 unspecified atom stereocenters. The molecule has 1 aromatic heterocycles. The van der Waals surface area contributed by atoms with Crippen LogP contribution in [0.5, 0.6) is 0 Å². The molecule has 1 N–H and O–H groups in total. The van der Waals surface area contributed by atoms with Gasteiger partial charge in [0.25, 0.3) is 5.91 Å². The molecule has 1 heterocycles. The van der Waals surface area contributed by atoms with E-state index < -0.39 is 0 Å². The van der Waals surface area contributed by atoms with Crippen LogP contribution in [0.25, 0.3) is 0 Å². The maximum atomic E-state index is 12.1. The van der Waals surface area contributed by atoms with Gasteiger partial charge in [0, 0.05) is 26.3 Å². The summed E-state index contributed by atoms with van der Waals surface area (Å²) in [6, 6.07) is 3.60. The number of nitrogens with zero attached hydrogens (tertiary/aromatic N) is 2. The molecule has 106 valence electrons. The lowest BCUT2D eigenvalue weighted by Gasteiger charge is -2.18. The van der Waals surface area contributed by atoms with Crippen molar-refractivity contribution >= 4 is 11.7 Å². The lowest BCUT2D eigenvalue weighted by Crippen LogP contribution is -2.30. The van der Waals surface area contributed by atoms with E-state index in [0.717, 1.165) is 12.4 Å². The number of anilines is 1. The fourth-order valence-electron chi connectivity index (χ4n) is 1.55. The lowest BCUT2D eigenvalue weighted by molar-refractivity contribution is 0.0532. The van der Waals surface area contributed by atoms with Gasteiger partial charge < -0.3 is 15.0 Å². The van der Waals surface area contributed by atoms with Gasteiger partial charge in [-0.2, -0.15) is 0 Å². The number of pyridine rings is 1. The van der Waals surface area contributed by atoms with Gasteiger partial charge in [-0.05, 0) is 32.9 Å². The quantitative estimate of drug-likeness (QED) is 0.819. The fraction of sp³-hybridized carbons (Fsp3) is 0.571. The van der Waals surface area contributed by atoms with Crippen LogP contribution in [0, 0.1) is 0 Å². The van der Waals surface area contributed by atoms with Crippen LogP contribution in [0.3, 0.4) is 0 Å². The summed E-state index contributed by atoms with van der Waals surface area (Å²) in [6.07, 6.45) is 1.78. The number of nitrogens with one attached hydrogen (secondary N) is 1. The van der Waals surface area contributed by atoms with E-state index >= 15 is 0 Å². The first-order valence-corrected chi connectivity index (χ1v) is 6.61. The Hall–Kier alpha value is -1.62. The first-order chi connectivity index (χ1) is 9.04. The standard InChI is InChI=1S/C14H23N3O2/c1-5-15-13-7-6-12(10-16-13)14(18)17(4)8-9-19-11(2)3/h6-7,10-11H,5,8-9H2,1-4H3,(H,15,16). The van der Waals surface area contributed by atoms with Crippen molar-refractivity contribution in [3.05, 3.63) is 23.9 Å². The first-order valence-electron chi connectivity index (χ1n) is 6.61. The predicted octanol–water partition coefficient (Wildman–Crippen LogP) is 2.01. The van der Waals surface area contributed by atoms with Crippen LogP contribution in [-0.2, 0) is 4.74 Å². The van der Waals surface area contributed by atoms with E-state index in [4.69, 9.17) is 4.74 Å². The molecule has 0 saturated heterocycles. The summed E-state index contributed by atoms with van der Waals surface area (Å²) in [6.45, 7) is 7.89. The number of aromatic nitrogens is 1. The van der Waals surface area contributed by atoms with Gasteiger partial charge in [0.1, 0.15) is 5.82 Å². The van der Waals surface area contributed by atoms with Crippen molar-refractivity contribution in [2.24, 2.45) is 0 Å². The molecule has 1 rings (SSSR count). The minimum atomic E-state index is -0.0390. The van der Waals surface area contributed by atoms with E-state index in [-0.39, 0.29) is 12.0 Å². The van der Waals surface area contributed by atoms with Gasteiger partial charge in [0.15, 0.2) is 0 Å². The summed E-state index contributed by atoms with van der Waals surface area (Å²) < 4.78 is 5.43. The summed E-state index contributed by atoms with van der Waals surface area (Å²) in [5, 5.41) is 3.09. The number of hydrogen-bond acceptors (Lipinski definition) is 4. The summed E-state index contributed by atoms with van der Waals surface area (Å²) in [5.74, 6) is 0.743. The van der Waals surface area contributed by atoms with Crippen molar-refractivity contribution in [2.45, 2.75) is 26.9 Å². The van der Waals surface area contributed by atoms with E-state index in [9.17, 15) is 4.79 Å². The van der Waals surface area contributed by atoms with Crippen LogP contribution in [0.15, 0.2) is 18.3 Å². The monoisotopic (exact) mass is 265 g/mol. The van der Waals surface area contributed by atoms with Crippen molar-refractivity contribution in [3.63, 3.8) is 0 Å². The Kier molecular flexibility index (Phi) is 6.29. The predicted molar refractivity (Wildman–Crippen MR) is 76.4 cm³/mol. The highest BCUT2D eigenvalue weighted by Crippen LogP contribution is 2.07. The minimum absolute atomic E-state index is 0.0390. The summed E-state index contributed by atoms with van der Waals surface area (Å²) >= 11 is 0. The molecule has 0 aromatic carbocycles. The van der Waals surface area contributed by atoms with Crippen molar-refractivity contribution < 1.29 is 9.53 Å². The third-order valence-electron chi connectivity index (χ3n) is 2.59. The van der Waals surface area contributed by atoms with Crippen LogP contribution in [0.4, 0.5) is 5.82 Å². The Labute approximate surface area is 115 Å². The molecule has 1 aromatic rings. The fourth-order valence-corrected chi connectivity index (χ4v) is 1.55. The molecule has 0 spiro atoms. The zero-order valence-electron chi connectivity index (χ0n) is 12.1. The van der Waals surface area contributed by atoms with Crippen LogP contribution >= 0.6 is 0 Å². The Bertz CT molecular complexity index is 390. The van der Waals surface area contributed by atoms with Crippen LogP contribution in [-0.4, -0.2) is 48.6 Å². The molecule has 0 aliphatic carbocycles. The molecular weight excluding hydrogens is 242 g/mol. The largest absolute Gasteiger partial charge is 0.377 e. The van der Waals surface area contributed by atoms with Crippen molar-refractivity contribution in [1.29, 1.82) is 0 Å². The molecular formula is C14H23N3O2. The minimum Gasteiger partial charge on any atom is -0.377 e. The Morgan fingerprint density at radius 2 is 2.21 bits per heavy atom. The topological polar surface area (TPSA) is 54.5 Å². The maximum Gasteiger partial charge on any atom is 0.255 e. The molecule has 0 aliphatic heterocycles. The summed E-state index contributed by atoms with van der Waals surface area (Å²) in [5.41, 5.74) is 0.591. The summed E-state index contributed by atoms with van der Waals surface area (Å²) in [7, 11) is 1.77. The third-order valence-corrected chi connectivity index (χ3v) is 2.59. The molecule has 0 bridgehead atoms. The van der Waals surface area contributed by atoms with E-state index in [1.165, 1.54) is 0 Å². The molecule has 0 radical (unpaired) electrons. The van der Waals surface area contributed by atoms with E-state index in [1.807, 2.05) is 26.8 Å². The maximum absolute atomic E-state index is 12.1. The number of rotatable bonds is 7. The van der Waals surface area contributed by atoms with E-state index in [1.54, 1.807) is 24.2 Å². The van der Waals surface area contributed by atoms with Crippen LogP contribution in [0.1, 0.15) is 31.1 Å². The molecule has 19 heavy (non-hydrogen) atoms. The highest BCUT2D eigenvalue weighted by atomic mass is 16.5. The van der Waals surface area contributed by atoms with Crippen molar-refractivity contribution in [1.82, 2.24) is 9.88 Å².